The Kier molecular flexibility index (Phi) is 3.02. The van der Waals surface area contributed by atoms with E-state index in [1.54, 1.807) is 6.92 Å². The molecule has 0 atom stereocenters. The van der Waals surface area contributed by atoms with Crippen LogP contribution in [0.5, 0.6) is 0 Å². The van der Waals surface area contributed by atoms with Gasteiger partial charge in [-0.1, -0.05) is 0 Å². The zero-order chi connectivity index (χ0) is 13.7. The van der Waals surface area contributed by atoms with Gasteiger partial charge in [-0.2, -0.15) is 13.9 Å². The summed E-state index contributed by atoms with van der Waals surface area (Å²) >= 11 is 0. The van der Waals surface area contributed by atoms with Crippen molar-refractivity contribution >= 4 is 12.6 Å². The minimum absolute atomic E-state index is 0.489. The van der Waals surface area contributed by atoms with E-state index in [-0.39, 0.29) is 0 Å². The highest BCUT2D eigenvalue weighted by Crippen LogP contribution is 2.36. The van der Waals surface area contributed by atoms with E-state index in [2.05, 4.69) is 5.10 Å². The molecule has 1 aliphatic rings. The van der Waals surface area contributed by atoms with Gasteiger partial charge in [0.25, 0.3) is 0 Å². The average Bonchev–Trinajstić information content (AvgIpc) is 2.66. The smallest absolute Gasteiger partial charge is 0.399 e. The topological polar surface area (TPSA) is 36.3 Å². The Hall–Kier alpha value is -0.945. The molecule has 0 amide bonds. The molecule has 0 spiro atoms. The van der Waals surface area contributed by atoms with Crippen molar-refractivity contribution in [3.8, 4) is 0 Å². The molecule has 100 valence electrons. The fourth-order valence-electron chi connectivity index (χ4n) is 1.80. The SMILES string of the molecule is Cc1nn(C(F)F)cc1B1OC(C)(C)C(C)(C)O1. The molecule has 18 heavy (non-hydrogen) atoms. The van der Waals surface area contributed by atoms with Gasteiger partial charge in [0.2, 0.25) is 0 Å². The summed E-state index contributed by atoms with van der Waals surface area (Å²) in [5, 5.41) is 3.76. The predicted octanol–water partition coefficient (Wildman–Crippen LogP) is 1.89. The second-order valence-corrected chi connectivity index (χ2v) is 5.52. The molecule has 0 aliphatic carbocycles. The number of alkyl halides is 2. The van der Waals surface area contributed by atoms with Crippen LogP contribution in [0.25, 0.3) is 0 Å². The van der Waals surface area contributed by atoms with E-state index >= 15 is 0 Å². The van der Waals surface area contributed by atoms with Gasteiger partial charge >= 0.3 is 13.7 Å². The zero-order valence-electron chi connectivity index (χ0n) is 11.2. The van der Waals surface area contributed by atoms with Crippen molar-refractivity contribution in [1.29, 1.82) is 0 Å². The highest BCUT2D eigenvalue weighted by molar-refractivity contribution is 6.62. The first-order valence-corrected chi connectivity index (χ1v) is 5.83. The van der Waals surface area contributed by atoms with Gasteiger partial charge in [0, 0.05) is 11.7 Å². The van der Waals surface area contributed by atoms with Crippen molar-refractivity contribution in [3.63, 3.8) is 0 Å². The lowest BCUT2D eigenvalue weighted by atomic mass is 9.79. The average molecular weight is 258 g/mol. The number of halogens is 2. The number of rotatable bonds is 2. The van der Waals surface area contributed by atoms with Gasteiger partial charge in [-0.3, -0.25) is 0 Å². The number of hydrogen-bond acceptors (Lipinski definition) is 3. The van der Waals surface area contributed by atoms with E-state index in [1.165, 1.54) is 6.20 Å². The van der Waals surface area contributed by atoms with Crippen molar-refractivity contribution in [1.82, 2.24) is 9.78 Å². The maximum atomic E-state index is 12.6. The number of aryl methyl sites for hydroxylation is 1. The zero-order valence-corrected chi connectivity index (χ0v) is 11.2. The molecule has 0 N–H and O–H groups in total. The van der Waals surface area contributed by atoms with Crippen molar-refractivity contribution in [2.75, 3.05) is 0 Å². The normalized spacial score (nSPS) is 21.9. The molecule has 7 heteroatoms. The lowest BCUT2D eigenvalue weighted by Gasteiger charge is -2.32. The molecule has 2 rings (SSSR count). The Morgan fingerprint density at radius 1 is 1.22 bits per heavy atom. The Bertz CT molecular complexity index is 444. The molecule has 4 nitrogen and oxygen atoms in total. The summed E-state index contributed by atoms with van der Waals surface area (Å²) in [5.74, 6) is 0. The highest BCUT2D eigenvalue weighted by Gasteiger charge is 2.52. The van der Waals surface area contributed by atoms with Crippen LogP contribution in [0.4, 0.5) is 8.78 Å². The maximum Gasteiger partial charge on any atom is 0.498 e. The van der Waals surface area contributed by atoms with Crippen LogP contribution in [0.1, 0.15) is 39.9 Å². The fourth-order valence-corrected chi connectivity index (χ4v) is 1.80. The first kappa shape index (κ1) is 13.5. The van der Waals surface area contributed by atoms with Crippen LogP contribution < -0.4 is 5.46 Å². The van der Waals surface area contributed by atoms with Crippen LogP contribution >= 0.6 is 0 Å². The third-order valence-electron chi connectivity index (χ3n) is 3.66. The molecule has 0 bridgehead atoms. The molecule has 1 aliphatic heterocycles. The van der Waals surface area contributed by atoms with Crippen LogP contribution in [-0.2, 0) is 9.31 Å². The molecular formula is C11H17BF2N2O2. The molecule has 0 radical (unpaired) electrons. The maximum absolute atomic E-state index is 12.6. The molecule has 1 aromatic rings. The van der Waals surface area contributed by atoms with Gasteiger partial charge in [-0.15, -0.1) is 0 Å². The largest absolute Gasteiger partial charge is 0.498 e. The van der Waals surface area contributed by atoms with Gasteiger partial charge in [0.05, 0.1) is 16.9 Å². The Morgan fingerprint density at radius 3 is 2.11 bits per heavy atom. The van der Waals surface area contributed by atoms with E-state index in [4.69, 9.17) is 9.31 Å². The van der Waals surface area contributed by atoms with Crippen LogP contribution in [0.15, 0.2) is 6.20 Å². The Labute approximate surface area is 105 Å². The summed E-state index contributed by atoms with van der Waals surface area (Å²) in [7, 11) is -0.650. The van der Waals surface area contributed by atoms with Gasteiger partial charge in [-0.25, -0.2) is 4.68 Å². The van der Waals surface area contributed by atoms with Crippen molar-refractivity contribution in [2.24, 2.45) is 0 Å². The standard InChI is InChI=1S/C11H17BF2N2O2/c1-7-8(6-16(15-7)9(13)14)12-17-10(2,3)11(4,5)18-12/h6,9H,1-5H3. The molecule has 2 heterocycles. The van der Waals surface area contributed by atoms with Crippen molar-refractivity contribution in [3.05, 3.63) is 11.9 Å². The highest BCUT2D eigenvalue weighted by atomic mass is 19.3. The molecule has 1 aromatic heterocycles. The minimum Gasteiger partial charge on any atom is -0.399 e. The molecule has 0 unspecified atom stereocenters. The molecule has 0 saturated carbocycles. The summed E-state index contributed by atoms with van der Waals surface area (Å²) < 4.78 is 37.4. The summed E-state index contributed by atoms with van der Waals surface area (Å²) in [6.45, 7) is 6.68. The van der Waals surface area contributed by atoms with Crippen LogP contribution in [0, 0.1) is 6.92 Å². The number of hydrogen-bond donors (Lipinski definition) is 0. The van der Waals surface area contributed by atoms with Crippen LogP contribution in [0.3, 0.4) is 0 Å². The van der Waals surface area contributed by atoms with Gasteiger partial charge in [0.1, 0.15) is 0 Å². The minimum atomic E-state index is -2.65. The van der Waals surface area contributed by atoms with Crippen molar-refractivity contribution in [2.45, 2.75) is 52.4 Å². The quantitative estimate of drug-likeness (QED) is 0.760. The summed E-state index contributed by atoms with van der Waals surface area (Å²) in [4.78, 5) is 0. The molecule has 1 saturated heterocycles. The Balaban J connectivity index is 2.30. The van der Waals surface area contributed by atoms with Gasteiger partial charge in [0.15, 0.2) is 0 Å². The van der Waals surface area contributed by atoms with E-state index in [9.17, 15) is 8.78 Å². The van der Waals surface area contributed by atoms with Crippen molar-refractivity contribution < 1.29 is 18.1 Å². The van der Waals surface area contributed by atoms with Gasteiger partial charge in [-0.05, 0) is 34.6 Å². The van der Waals surface area contributed by atoms with E-state index < -0.39 is 24.9 Å². The van der Waals surface area contributed by atoms with Crippen LogP contribution in [-0.4, -0.2) is 28.1 Å². The number of nitrogens with zero attached hydrogens (tertiary/aromatic N) is 2. The fraction of sp³-hybridized carbons (Fsp3) is 0.727. The first-order valence-electron chi connectivity index (χ1n) is 5.83. The summed E-state index contributed by atoms with van der Waals surface area (Å²) in [6.07, 6.45) is 1.28. The lowest BCUT2D eigenvalue weighted by Crippen LogP contribution is -2.41. The molecule has 0 aromatic carbocycles. The molecule has 1 fully saturated rings. The van der Waals surface area contributed by atoms with E-state index in [0.717, 1.165) is 0 Å². The monoisotopic (exact) mass is 258 g/mol. The third kappa shape index (κ3) is 2.05. The molecular weight excluding hydrogens is 241 g/mol. The summed E-state index contributed by atoms with van der Waals surface area (Å²) in [5.41, 5.74) is 0.0661. The van der Waals surface area contributed by atoms with Crippen LogP contribution in [0.2, 0.25) is 0 Å². The predicted molar refractivity (Wildman–Crippen MR) is 63.9 cm³/mol. The Morgan fingerprint density at radius 2 is 1.72 bits per heavy atom. The number of aromatic nitrogens is 2. The first-order chi connectivity index (χ1) is 8.14. The second kappa shape index (κ2) is 4.03. The van der Waals surface area contributed by atoms with Gasteiger partial charge < -0.3 is 9.31 Å². The lowest BCUT2D eigenvalue weighted by molar-refractivity contribution is 0.00578. The van der Waals surface area contributed by atoms with E-state index in [1.807, 2.05) is 27.7 Å². The van der Waals surface area contributed by atoms with E-state index in [0.29, 0.717) is 15.8 Å². The third-order valence-corrected chi connectivity index (χ3v) is 3.66. The summed E-state index contributed by atoms with van der Waals surface area (Å²) in [6, 6.07) is 0. The second-order valence-electron chi connectivity index (χ2n) is 5.52.